The molecule has 0 aliphatic heterocycles. The average Bonchev–Trinajstić information content (AvgIpc) is 2.72. The predicted molar refractivity (Wildman–Crippen MR) is 118 cm³/mol. The fraction of sp³-hybridized carbons (Fsp3) is 0.125. The molecule has 0 atom stereocenters. The fourth-order valence-electron chi connectivity index (χ4n) is 2.83. The van der Waals surface area contributed by atoms with Crippen molar-refractivity contribution in [2.45, 2.75) is 13.5 Å². The number of halogens is 2. The van der Waals surface area contributed by atoms with Crippen LogP contribution in [0.15, 0.2) is 66.7 Å². The third-order valence-electron chi connectivity index (χ3n) is 4.38. The number of benzene rings is 3. The lowest BCUT2D eigenvalue weighted by molar-refractivity contribution is 0.104. The minimum Gasteiger partial charge on any atom is -0.496 e. The zero-order valence-electron chi connectivity index (χ0n) is 16.1. The van der Waals surface area contributed by atoms with Crippen LogP contribution in [0.3, 0.4) is 0 Å². The number of carbonyl (C=O) groups excluding carboxylic acids is 1. The van der Waals surface area contributed by atoms with Gasteiger partial charge in [0.1, 0.15) is 18.1 Å². The summed E-state index contributed by atoms with van der Waals surface area (Å²) < 4.78 is 11.4. The summed E-state index contributed by atoms with van der Waals surface area (Å²) in [7, 11) is 1.62. The minimum atomic E-state index is -0.0907. The van der Waals surface area contributed by atoms with Gasteiger partial charge >= 0.3 is 0 Å². The van der Waals surface area contributed by atoms with Crippen LogP contribution in [0.25, 0.3) is 6.08 Å². The van der Waals surface area contributed by atoms with Crippen molar-refractivity contribution in [3.63, 3.8) is 0 Å². The highest BCUT2D eigenvalue weighted by atomic mass is 35.5. The lowest BCUT2D eigenvalue weighted by Crippen LogP contribution is -2.00. The topological polar surface area (TPSA) is 35.5 Å². The molecule has 0 bridgehead atoms. The Kier molecular flexibility index (Phi) is 6.97. The van der Waals surface area contributed by atoms with Gasteiger partial charge in [0.15, 0.2) is 5.78 Å². The molecular weight excluding hydrogens is 407 g/mol. The van der Waals surface area contributed by atoms with Gasteiger partial charge in [-0.15, -0.1) is 0 Å². The first-order chi connectivity index (χ1) is 14.0. The minimum absolute atomic E-state index is 0.0907. The Bertz CT molecular complexity index is 1040. The molecule has 0 radical (unpaired) electrons. The number of rotatable bonds is 7. The van der Waals surface area contributed by atoms with Crippen LogP contribution in [0.5, 0.6) is 11.5 Å². The van der Waals surface area contributed by atoms with E-state index in [1.807, 2.05) is 37.3 Å². The number of carbonyl (C=O) groups is 1. The lowest BCUT2D eigenvalue weighted by Gasteiger charge is -2.13. The highest BCUT2D eigenvalue weighted by Crippen LogP contribution is 2.26. The second-order valence-electron chi connectivity index (χ2n) is 6.47. The predicted octanol–water partition coefficient (Wildman–Crippen LogP) is 6.79. The molecule has 148 valence electrons. The van der Waals surface area contributed by atoms with E-state index in [-0.39, 0.29) is 5.78 Å². The SMILES string of the molecule is COc1ccc(/C=C/C(=O)c2ccc(Cl)cc2)cc1COc1ccc(Cl)cc1C. The number of ketones is 1. The second-order valence-corrected chi connectivity index (χ2v) is 7.35. The molecule has 0 aromatic heterocycles. The van der Waals surface area contributed by atoms with Crippen molar-refractivity contribution in [3.8, 4) is 11.5 Å². The van der Waals surface area contributed by atoms with E-state index in [9.17, 15) is 4.79 Å². The number of ether oxygens (including phenoxy) is 2. The Hall–Kier alpha value is -2.75. The van der Waals surface area contributed by atoms with Crippen molar-refractivity contribution in [1.82, 2.24) is 0 Å². The maximum Gasteiger partial charge on any atom is 0.185 e. The van der Waals surface area contributed by atoms with Crippen LogP contribution in [0.4, 0.5) is 0 Å². The van der Waals surface area contributed by atoms with E-state index in [1.165, 1.54) is 0 Å². The fourth-order valence-corrected chi connectivity index (χ4v) is 3.18. The number of aryl methyl sites for hydroxylation is 1. The average molecular weight is 427 g/mol. The van der Waals surface area contributed by atoms with Crippen LogP contribution in [0, 0.1) is 6.92 Å². The van der Waals surface area contributed by atoms with Crippen molar-refractivity contribution in [3.05, 3.63) is 99.0 Å². The molecular formula is C24H20Cl2O3. The molecule has 3 rings (SSSR count). The molecule has 0 N–H and O–H groups in total. The molecule has 0 spiro atoms. The first-order valence-electron chi connectivity index (χ1n) is 9.00. The van der Waals surface area contributed by atoms with Gasteiger partial charge in [-0.25, -0.2) is 0 Å². The molecule has 0 fully saturated rings. The lowest BCUT2D eigenvalue weighted by atomic mass is 10.1. The van der Waals surface area contributed by atoms with E-state index in [0.29, 0.717) is 22.2 Å². The summed E-state index contributed by atoms with van der Waals surface area (Å²) in [6.45, 7) is 2.28. The molecule has 0 aliphatic rings. The molecule has 3 aromatic rings. The van der Waals surface area contributed by atoms with Crippen LogP contribution >= 0.6 is 23.2 Å². The van der Waals surface area contributed by atoms with Gasteiger partial charge in [0.2, 0.25) is 0 Å². The van der Waals surface area contributed by atoms with Crippen LogP contribution < -0.4 is 9.47 Å². The van der Waals surface area contributed by atoms with Crippen molar-refractivity contribution < 1.29 is 14.3 Å². The molecule has 5 heteroatoms. The molecule has 0 saturated carbocycles. The highest BCUT2D eigenvalue weighted by molar-refractivity contribution is 6.31. The summed E-state index contributed by atoms with van der Waals surface area (Å²) in [5, 5.41) is 1.27. The maximum absolute atomic E-state index is 12.3. The quantitative estimate of drug-likeness (QED) is 0.308. The molecule has 29 heavy (non-hydrogen) atoms. The molecule has 0 amide bonds. The van der Waals surface area contributed by atoms with Gasteiger partial charge in [-0.05, 0) is 78.7 Å². The zero-order chi connectivity index (χ0) is 20.8. The van der Waals surface area contributed by atoms with Crippen LogP contribution in [-0.2, 0) is 6.61 Å². The van der Waals surface area contributed by atoms with E-state index in [0.717, 1.165) is 28.2 Å². The first-order valence-corrected chi connectivity index (χ1v) is 9.75. The summed E-state index contributed by atoms with van der Waals surface area (Å²) in [6, 6.07) is 18.0. The van der Waals surface area contributed by atoms with Gasteiger partial charge in [0, 0.05) is 21.2 Å². The van der Waals surface area contributed by atoms with Gasteiger partial charge < -0.3 is 9.47 Å². The van der Waals surface area contributed by atoms with E-state index < -0.39 is 0 Å². The van der Waals surface area contributed by atoms with Crippen LogP contribution in [-0.4, -0.2) is 12.9 Å². The summed E-state index contributed by atoms with van der Waals surface area (Å²) >= 11 is 11.9. The van der Waals surface area contributed by atoms with Gasteiger partial charge in [0.05, 0.1) is 7.11 Å². The smallest absolute Gasteiger partial charge is 0.185 e. The van der Waals surface area contributed by atoms with Gasteiger partial charge in [-0.2, -0.15) is 0 Å². The maximum atomic E-state index is 12.3. The molecule has 0 aliphatic carbocycles. The largest absolute Gasteiger partial charge is 0.496 e. The molecule has 3 aromatic carbocycles. The summed E-state index contributed by atoms with van der Waals surface area (Å²) in [4.78, 5) is 12.3. The number of hydrogen-bond acceptors (Lipinski definition) is 3. The Morgan fingerprint density at radius 2 is 1.62 bits per heavy atom. The standard InChI is InChI=1S/C24H20Cl2O3/c1-16-13-21(26)9-12-23(16)29-15-19-14-17(4-11-24(19)28-2)3-10-22(27)18-5-7-20(25)8-6-18/h3-14H,15H2,1-2H3/b10-3+. The van der Waals surface area contributed by atoms with Crippen molar-refractivity contribution in [2.75, 3.05) is 7.11 Å². The number of allylic oxidation sites excluding steroid dienone is 1. The summed E-state index contributed by atoms with van der Waals surface area (Å²) in [6.07, 6.45) is 3.31. The molecule has 0 unspecified atom stereocenters. The van der Waals surface area contributed by atoms with E-state index >= 15 is 0 Å². The van der Waals surface area contributed by atoms with Crippen molar-refractivity contribution >= 4 is 35.1 Å². The third-order valence-corrected chi connectivity index (χ3v) is 4.87. The Morgan fingerprint density at radius 1 is 0.931 bits per heavy atom. The van der Waals surface area contributed by atoms with Crippen molar-refractivity contribution in [2.24, 2.45) is 0 Å². The first kappa shape index (κ1) is 21.0. The Labute approximate surface area is 180 Å². The second kappa shape index (κ2) is 9.64. The normalized spacial score (nSPS) is 10.9. The molecule has 0 heterocycles. The monoisotopic (exact) mass is 426 g/mol. The molecule has 3 nitrogen and oxygen atoms in total. The van der Waals surface area contributed by atoms with Crippen LogP contribution in [0.2, 0.25) is 10.0 Å². The van der Waals surface area contributed by atoms with Gasteiger partial charge in [0.25, 0.3) is 0 Å². The Morgan fingerprint density at radius 3 is 2.31 bits per heavy atom. The third kappa shape index (κ3) is 5.63. The molecule has 0 saturated heterocycles. The zero-order valence-corrected chi connectivity index (χ0v) is 17.6. The number of methoxy groups -OCH3 is 1. The van der Waals surface area contributed by atoms with E-state index in [1.54, 1.807) is 49.6 Å². The summed E-state index contributed by atoms with van der Waals surface area (Å²) in [5.41, 5.74) is 3.30. The van der Waals surface area contributed by atoms with Crippen LogP contribution in [0.1, 0.15) is 27.0 Å². The van der Waals surface area contributed by atoms with Crippen molar-refractivity contribution in [1.29, 1.82) is 0 Å². The van der Waals surface area contributed by atoms with E-state index in [2.05, 4.69) is 0 Å². The number of hydrogen-bond donors (Lipinski definition) is 0. The van der Waals surface area contributed by atoms with Gasteiger partial charge in [-0.3, -0.25) is 4.79 Å². The van der Waals surface area contributed by atoms with Gasteiger partial charge in [-0.1, -0.05) is 35.3 Å². The summed E-state index contributed by atoms with van der Waals surface area (Å²) in [5.74, 6) is 1.39. The van der Waals surface area contributed by atoms with E-state index in [4.69, 9.17) is 32.7 Å². The Balaban J connectivity index is 1.75. The highest BCUT2D eigenvalue weighted by Gasteiger charge is 2.07.